The summed E-state index contributed by atoms with van der Waals surface area (Å²) in [6, 6.07) is 6.61. The van der Waals surface area contributed by atoms with E-state index < -0.39 is 6.10 Å². The zero-order valence-corrected chi connectivity index (χ0v) is 9.28. The maximum atomic E-state index is 9.94. The van der Waals surface area contributed by atoms with Gasteiger partial charge in [-0.2, -0.15) is 0 Å². The van der Waals surface area contributed by atoms with Crippen LogP contribution in [0.25, 0.3) is 0 Å². The van der Waals surface area contributed by atoms with Crippen LogP contribution in [0.4, 0.5) is 0 Å². The molecule has 1 aromatic rings. The number of ether oxygens (including phenoxy) is 1. The van der Waals surface area contributed by atoms with E-state index in [1.165, 1.54) is 24.0 Å². The van der Waals surface area contributed by atoms with Crippen molar-refractivity contribution in [2.45, 2.75) is 43.3 Å². The third kappa shape index (κ3) is 1.20. The van der Waals surface area contributed by atoms with Crippen molar-refractivity contribution in [1.29, 1.82) is 0 Å². The molecule has 0 bridgehead atoms. The van der Waals surface area contributed by atoms with Gasteiger partial charge in [-0.3, -0.25) is 0 Å². The molecule has 0 aromatic heterocycles. The third-order valence-corrected chi connectivity index (χ3v) is 4.20. The molecule has 2 heteroatoms. The molecule has 84 valence electrons. The number of fused-ring (bicyclic) bond motifs is 2. The molecular weight excluding hydrogens is 200 g/mol. The Bertz CT molecular complexity index is 444. The fourth-order valence-corrected chi connectivity index (χ4v) is 2.86. The molecule has 16 heavy (non-hydrogen) atoms. The third-order valence-electron chi connectivity index (χ3n) is 4.20. The monoisotopic (exact) mass is 216 g/mol. The highest BCUT2D eigenvalue weighted by atomic mass is 16.5. The van der Waals surface area contributed by atoms with Crippen LogP contribution < -0.4 is 0 Å². The van der Waals surface area contributed by atoms with Gasteiger partial charge in [0.05, 0.1) is 12.2 Å². The number of aliphatic hydroxyl groups excluding tert-OH is 1. The molecule has 2 nitrogen and oxygen atoms in total. The molecule has 2 fully saturated rings. The highest BCUT2D eigenvalue weighted by molar-refractivity contribution is 5.44. The summed E-state index contributed by atoms with van der Waals surface area (Å²) in [7, 11) is 0. The van der Waals surface area contributed by atoms with Gasteiger partial charge in [0.1, 0.15) is 6.10 Å². The Labute approximate surface area is 95.2 Å². The van der Waals surface area contributed by atoms with Crippen LogP contribution in [0.3, 0.4) is 0 Å². The van der Waals surface area contributed by atoms with Crippen molar-refractivity contribution in [2.75, 3.05) is 6.61 Å². The van der Waals surface area contributed by atoms with E-state index in [1.54, 1.807) is 0 Å². The molecule has 0 saturated heterocycles. The predicted molar refractivity (Wildman–Crippen MR) is 60.2 cm³/mol. The molecule has 0 unspecified atom stereocenters. The summed E-state index contributed by atoms with van der Waals surface area (Å²) in [6.07, 6.45) is 4.49. The van der Waals surface area contributed by atoms with Gasteiger partial charge >= 0.3 is 0 Å². The second kappa shape index (κ2) is 2.88. The fraction of sp³-hybridized carbons (Fsp3) is 0.571. The van der Waals surface area contributed by atoms with E-state index in [4.69, 9.17) is 4.74 Å². The van der Waals surface area contributed by atoms with Crippen LogP contribution in [0.2, 0.25) is 0 Å². The maximum absolute atomic E-state index is 9.94. The molecule has 0 amide bonds. The second-order valence-corrected chi connectivity index (χ2v) is 5.44. The molecule has 1 aromatic carbocycles. The van der Waals surface area contributed by atoms with Crippen molar-refractivity contribution in [3.8, 4) is 0 Å². The van der Waals surface area contributed by atoms with Crippen molar-refractivity contribution < 1.29 is 9.84 Å². The largest absolute Gasteiger partial charge is 0.386 e. The molecule has 4 rings (SSSR count). The quantitative estimate of drug-likeness (QED) is 0.782. The maximum Gasteiger partial charge on any atom is 0.103 e. The van der Waals surface area contributed by atoms with E-state index >= 15 is 0 Å². The fourth-order valence-electron chi connectivity index (χ4n) is 2.86. The van der Waals surface area contributed by atoms with E-state index in [1.807, 2.05) is 0 Å². The average molecular weight is 216 g/mol. The summed E-state index contributed by atoms with van der Waals surface area (Å²) in [5.41, 5.74) is 3.81. The summed E-state index contributed by atoms with van der Waals surface area (Å²) in [6.45, 7) is 0.468. The van der Waals surface area contributed by atoms with Crippen molar-refractivity contribution in [3.63, 3.8) is 0 Å². The lowest BCUT2D eigenvalue weighted by atomic mass is 9.91. The van der Waals surface area contributed by atoms with Gasteiger partial charge < -0.3 is 9.84 Å². The molecule has 0 radical (unpaired) electrons. The average Bonchev–Trinajstić information content (AvgIpc) is 3.17. The molecule has 2 aliphatic carbocycles. The van der Waals surface area contributed by atoms with Gasteiger partial charge in [-0.05, 0) is 48.3 Å². The van der Waals surface area contributed by atoms with Crippen LogP contribution in [0.15, 0.2) is 18.2 Å². The highest BCUT2D eigenvalue weighted by Gasteiger charge is 2.50. The summed E-state index contributed by atoms with van der Waals surface area (Å²) in [5.74, 6) is 0.778. The Balaban J connectivity index is 1.85. The SMILES string of the molecule is O[C@H]1COC2(CC2)c2cc(C3CC3)ccc21. The van der Waals surface area contributed by atoms with E-state index in [0.29, 0.717) is 6.61 Å². The Morgan fingerprint density at radius 1 is 1.25 bits per heavy atom. The van der Waals surface area contributed by atoms with Crippen molar-refractivity contribution in [3.05, 3.63) is 34.9 Å². The Morgan fingerprint density at radius 3 is 2.75 bits per heavy atom. The van der Waals surface area contributed by atoms with Crippen LogP contribution in [-0.2, 0) is 10.3 Å². The van der Waals surface area contributed by atoms with E-state index in [0.717, 1.165) is 24.3 Å². The summed E-state index contributed by atoms with van der Waals surface area (Å²) in [4.78, 5) is 0. The summed E-state index contributed by atoms with van der Waals surface area (Å²) >= 11 is 0. The van der Waals surface area contributed by atoms with Gasteiger partial charge in [0, 0.05) is 0 Å². The number of aliphatic hydroxyl groups is 1. The lowest BCUT2D eigenvalue weighted by Crippen LogP contribution is -2.26. The first-order valence-corrected chi connectivity index (χ1v) is 6.25. The Kier molecular flexibility index (Phi) is 1.65. The molecule has 1 aliphatic heterocycles. The molecule has 2 saturated carbocycles. The molecule has 3 aliphatic rings. The van der Waals surface area contributed by atoms with E-state index in [-0.39, 0.29) is 5.60 Å². The van der Waals surface area contributed by atoms with Crippen molar-refractivity contribution in [1.82, 2.24) is 0 Å². The first kappa shape index (κ1) is 9.20. The van der Waals surface area contributed by atoms with Gasteiger partial charge in [-0.15, -0.1) is 0 Å². The first-order valence-electron chi connectivity index (χ1n) is 6.25. The minimum Gasteiger partial charge on any atom is -0.386 e. The first-order chi connectivity index (χ1) is 7.78. The topological polar surface area (TPSA) is 29.5 Å². The molecular formula is C14H16O2. The highest BCUT2D eigenvalue weighted by Crippen LogP contribution is 2.55. The summed E-state index contributed by atoms with van der Waals surface area (Å²) < 4.78 is 5.82. The minimum atomic E-state index is -0.422. The van der Waals surface area contributed by atoms with E-state index in [2.05, 4.69) is 18.2 Å². The van der Waals surface area contributed by atoms with Crippen molar-refractivity contribution in [2.24, 2.45) is 0 Å². The van der Waals surface area contributed by atoms with Crippen LogP contribution in [0, 0.1) is 0 Å². The van der Waals surface area contributed by atoms with Gasteiger partial charge in [-0.25, -0.2) is 0 Å². The van der Waals surface area contributed by atoms with Crippen LogP contribution in [0.1, 0.15) is 54.4 Å². The summed E-state index contributed by atoms with van der Waals surface area (Å²) in [5, 5.41) is 9.94. The number of benzene rings is 1. The van der Waals surface area contributed by atoms with Crippen LogP contribution >= 0.6 is 0 Å². The molecule has 1 atom stereocenters. The predicted octanol–water partition coefficient (Wildman–Crippen LogP) is 2.62. The van der Waals surface area contributed by atoms with Gasteiger partial charge in [-0.1, -0.05) is 18.2 Å². The number of hydrogen-bond acceptors (Lipinski definition) is 2. The zero-order chi connectivity index (χ0) is 10.8. The van der Waals surface area contributed by atoms with E-state index in [9.17, 15) is 5.11 Å². The van der Waals surface area contributed by atoms with Gasteiger partial charge in [0.15, 0.2) is 0 Å². The van der Waals surface area contributed by atoms with Crippen LogP contribution in [-0.4, -0.2) is 11.7 Å². The zero-order valence-electron chi connectivity index (χ0n) is 9.28. The standard InChI is InChI=1S/C14H16O2/c15-13-8-16-14(5-6-14)12-7-10(9-1-2-9)3-4-11(12)13/h3-4,7,9,13,15H,1-2,5-6,8H2/t13-/m0/s1. The smallest absolute Gasteiger partial charge is 0.103 e. The van der Waals surface area contributed by atoms with Gasteiger partial charge in [0.25, 0.3) is 0 Å². The lowest BCUT2D eigenvalue weighted by molar-refractivity contribution is -0.0465. The minimum absolute atomic E-state index is 0.0144. The lowest BCUT2D eigenvalue weighted by Gasteiger charge is -2.30. The normalized spacial score (nSPS) is 30.2. The van der Waals surface area contributed by atoms with Crippen molar-refractivity contribution >= 4 is 0 Å². The molecule has 1 N–H and O–H groups in total. The molecule has 1 heterocycles. The Morgan fingerprint density at radius 2 is 2.06 bits per heavy atom. The van der Waals surface area contributed by atoms with Crippen LogP contribution in [0.5, 0.6) is 0 Å². The van der Waals surface area contributed by atoms with Gasteiger partial charge in [0.2, 0.25) is 0 Å². The number of hydrogen-bond donors (Lipinski definition) is 1. The second-order valence-electron chi connectivity index (χ2n) is 5.44. The molecule has 1 spiro atoms. The number of rotatable bonds is 1. The Hall–Kier alpha value is -0.860.